The number of benzene rings is 2. The molecule has 2 aromatic carbocycles. The third kappa shape index (κ3) is 4.01. The van der Waals surface area contributed by atoms with E-state index >= 15 is 0 Å². The highest BCUT2D eigenvalue weighted by Crippen LogP contribution is 2.16. The van der Waals surface area contributed by atoms with Crippen LogP contribution in [0.15, 0.2) is 65.9 Å². The van der Waals surface area contributed by atoms with E-state index < -0.39 is 5.97 Å². The van der Waals surface area contributed by atoms with Crippen LogP contribution in [-0.4, -0.2) is 26.9 Å². The van der Waals surface area contributed by atoms with Gasteiger partial charge < -0.3 is 10.4 Å². The number of carboxylic acid groups (broad SMARTS) is 1. The van der Waals surface area contributed by atoms with Gasteiger partial charge in [-0.25, -0.2) is 4.79 Å². The van der Waals surface area contributed by atoms with Crippen LogP contribution in [0, 0.1) is 0 Å². The monoisotopic (exact) mass is 364 g/mol. The van der Waals surface area contributed by atoms with Crippen LogP contribution in [0.1, 0.15) is 23.0 Å². The van der Waals surface area contributed by atoms with Crippen LogP contribution in [0.4, 0.5) is 5.69 Å². The van der Waals surface area contributed by atoms with Gasteiger partial charge in [0.15, 0.2) is 5.11 Å². The Bertz CT molecular complexity index is 995. The first-order valence-corrected chi connectivity index (χ1v) is 8.24. The molecular weight excluding hydrogens is 348 g/mol. The number of fused-ring (bicyclic) bond motifs is 1. The van der Waals surface area contributed by atoms with Crippen molar-refractivity contribution >= 4 is 45.5 Å². The molecule has 0 aliphatic heterocycles. The molecular formula is C19H16N4O2S. The number of aromatic nitrogens is 1. The summed E-state index contributed by atoms with van der Waals surface area (Å²) in [6, 6.07) is 16.2. The van der Waals surface area contributed by atoms with E-state index in [1.807, 2.05) is 37.3 Å². The van der Waals surface area contributed by atoms with Crippen LogP contribution in [0.5, 0.6) is 0 Å². The van der Waals surface area contributed by atoms with Gasteiger partial charge in [-0.2, -0.15) is 5.10 Å². The Labute approximate surface area is 155 Å². The normalized spacial score (nSPS) is 11.2. The van der Waals surface area contributed by atoms with Gasteiger partial charge in [-0.15, -0.1) is 0 Å². The Morgan fingerprint density at radius 3 is 2.58 bits per heavy atom. The maximum atomic E-state index is 10.9. The molecule has 6 nitrogen and oxygen atoms in total. The molecule has 0 fully saturated rings. The fourth-order valence-electron chi connectivity index (χ4n) is 2.45. The van der Waals surface area contributed by atoms with E-state index in [0.29, 0.717) is 16.5 Å². The number of hydrazone groups is 1. The summed E-state index contributed by atoms with van der Waals surface area (Å²) in [5, 5.41) is 18.6. The zero-order valence-corrected chi connectivity index (χ0v) is 14.7. The minimum Gasteiger partial charge on any atom is -0.478 e. The third-order valence-electron chi connectivity index (χ3n) is 3.73. The molecule has 0 bridgehead atoms. The first-order chi connectivity index (χ1) is 12.5. The van der Waals surface area contributed by atoms with Crippen molar-refractivity contribution in [1.82, 2.24) is 10.4 Å². The average Bonchev–Trinajstić information content (AvgIpc) is 2.66. The Morgan fingerprint density at radius 2 is 1.85 bits per heavy atom. The van der Waals surface area contributed by atoms with Crippen LogP contribution < -0.4 is 10.7 Å². The number of rotatable bonds is 4. The van der Waals surface area contributed by atoms with E-state index in [-0.39, 0.29) is 5.56 Å². The van der Waals surface area contributed by atoms with Crippen LogP contribution in [0.3, 0.4) is 0 Å². The quantitative estimate of drug-likeness (QED) is 0.372. The number of pyridine rings is 1. The molecule has 130 valence electrons. The molecule has 3 N–H and O–H groups in total. The number of carbonyl (C=O) groups is 1. The van der Waals surface area contributed by atoms with Gasteiger partial charge in [0.2, 0.25) is 0 Å². The van der Waals surface area contributed by atoms with Gasteiger partial charge in [0.25, 0.3) is 0 Å². The molecule has 0 unspecified atom stereocenters. The van der Waals surface area contributed by atoms with Crippen molar-refractivity contribution < 1.29 is 9.90 Å². The largest absolute Gasteiger partial charge is 0.478 e. The highest BCUT2D eigenvalue weighted by molar-refractivity contribution is 7.80. The first-order valence-electron chi connectivity index (χ1n) is 7.83. The zero-order valence-electron chi connectivity index (χ0n) is 13.9. The van der Waals surface area contributed by atoms with Gasteiger partial charge in [0, 0.05) is 17.3 Å². The minimum absolute atomic E-state index is 0.213. The van der Waals surface area contributed by atoms with E-state index in [2.05, 4.69) is 20.8 Å². The zero-order chi connectivity index (χ0) is 18.5. The number of hydrogen-bond acceptors (Lipinski definition) is 4. The van der Waals surface area contributed by atoms with Gasteiger partial charge in [0.05, 0.1) is 17.0 Å². The Morgan fingerprint density at radius 1 is 1.12 bits per heavy atom. The summed E-state index contributed by atoms with van der Waals surface area (Å²) < 4.78 is 0. The molecule has 0 atom stereocenters. The number of hydrogen-bond donors (Lipinski definition) is 3. The second-order valence-electron chi connectivity index (χ2n) is 5.53. The number of thiocarbonyl (C=S) groups is 1. The van der Waals surface area contributed by atoms with E-state index in [4.69, 9.17) is 17.3 Å². The summed E-state index contributed by atoms with van der Waals surface area (Å²) >= 11 is 5.22. The lowest BCUT2D eigenvalue weighted by Crippen LogP contribution is -2.25. The number of nitrogens with zero attached hydrogens (tertiary/aromatic N) is 2. The lowest BCUT2D eigenvalue weighted by atomic mass is 10.1. The molecule has 0 saturated carbocycles. The number of nitrogens with one attached hydrogen (secondary N) is 2. The summed E-state index contributed by atoms with van der Waals surface area (Å²) in [5.74, 6) is -0.972. The molecule has 26 heavy (non-hydrogen) atoms. The Balaban J connectivity index is 1.70. The van der Waals surface area contributed by atoms with Crippen LogP contribution in [0.25, 0.3) is 10.8 Å². The molecule has 0 aliphatic carbocycles. The third-order valence-corrected chi connectivity index (χ3v) is 3.92. The van der Waals surface area contributed by atoms with Crippen molar-refractivity contribution in [2.75, 3.05) is 5.32 Å². The number of anilines is 1. The standard InChI is InChI=1S/C19H16N4O2S/c1-12(17-16-5-3-2-4-13(16)10-11-20-17)22-23-19(26)21-15-8-6-14(7-9-15)18(24)25/h2-11H,1H3,(H,24,25)(H2,21,23,26)/b22-12+. The maximum Gasteiger partial charge on any atom is 0.335 e. The van der Waals surface area contributed by atoms with Gasteiger partial charge in [-0.1, -0.05) is 24.3 Å². The lowest BCUT2D eigenvalue weighted by Gasteiger charge is -2.09. The summed E-state index contributed by atoms with van der Waals surface area (Å²) in [7, 11) is 0. The second kappa shape index (κ2) is 7.71. The van der Waals surface area contributed by atoms with Crippen molar-refractivity contribution in [3.05, 3.63) is 72.1 Å². The highest BCUT2D eigenvalue weighted by Gasteiger charge is 2.06. The first kappa shape index (κ1) is 17.5. The van der Waals surface area contributed by atoms with Crippen LogP contribution in [-0.2, 0) is 0 Å². The minimum atomic E-state index is -0.972. The van der Waals surface area contributed by atoms with E-state index in [1.165, 1.54) is 12.1 Å². The molecule has 0 aliphatic rings. The van der Waals surface area contributed by atoms with Crippen molar-refractivity contribution in [3.8, 4) is 0 Å². The average molecular weight is 364 g/mol. The van der Waals surface area contributed by atoms with Crippen molar-refractivity contribution in [1.29, 1.82) is 0 Å². The summed E-state index contributed by atoms with van der Waals surface area (Å²) in [4.78, 5) is 15.3. The Hall–Kier alpha value is -3.32. The summed E-state index contributed by atoms with van der Waals surface area (Å²) in [6.45, 7) is 1.85. The van der Waals surface area contributed by atoms with Gasteiger partial charge >= 0.3 is 5.97 Å². The van der Waals surface area contributed by atoms with E-state index in [9.17, 15) is 4.79 Å². The number of aromatic carboxylic acids is 1. The fraction of sp³-hybridized carbons (Fsp3) is 0.0526. The molecule has 0 spiro atoms. The lowest BCUT2D eigenvalue weighted by molar-refractivity contribution is 0.0697. The highest BCUT2D eigenvalue weighted by atomic mass is 32.1. The topological polar surface area (TPSA) is 86.6 Å². The molecule has 3 aromatic rings. The van der Waals surface area contributed by atoms with Gasteiger partial charge in [-0.05, 0) is 54.9 Å². The SMILES string of the molecule is C/C(=N\NC(=S)Nc1ccc(C(=O)O)cc1)c1nccc2ccccc12. The predicted molar refractivity (Wildman–Crippen MR) is 107 cm³/mol. The smallest absolute Gasteiger partial charge is 0.335 e. The van der Waals surface area contributed by atoms with Gasteiger partial charge in [0.1, 0.15) is 0 Å². The number of carboxylic acids is 1. The molecule has 0 saturated heterocycles. The van der Waals surface area contributed by atoms with E-state index in [0.717, 1.165) is 16.5 Å². The fourth-order valence-corrected chi connectivity index (χ4v) is 2.61. The second-order valence-corrected chi connectivity index (χ2v) is 5.93. The molecule has 3 rings (SSSR count). The molecule has 1 aromatic heterocycles. The predicted octanol–water partition coefficient (Wildman–Crippen LogP) is 3.64. The molecule has 7 heteroatoms. The Kier molecular flexibility index (Phi) is 5.19. The van der Waals surface area contributed by atoms with Crippen molar-refractivity contribution in [3.63, 3.8) is 0 Å². The molecule has 1 heterocycles. The van der Waals surface area contributed by atoms with E-state index in [1.54, 1.807) is 18.3 Å². The van der Waals surface area contributed by atoms with Crippen LogP contribution in [0.2, 0.25) is 0 Å². The maximum absolute atomic E-state index is 10.9. The van der Waals surface area contributed by atoms with Crippen molar-refractivity contribution in [2.24, 2.45) is 5.10 Å². The summed E-state index contributed by atoms with van der Waals surface area (Å²) in [5.41, 5.74) is 5.15. The van der Waals surface area contributed by atoms with Gasteiger partial charge in [-0.3, -0.25) is 10.4 Å². The van der Waals surface area contributed by atoms with Crippen LogP contribution >= 0.6 is 12.2 Å². The molecule has 0 amide bonds. The molecule has 0 radical (unpaired) electrons. The van der Waals surface area contributed by atoms with Crippen molar-refractivity contribution in [2.45, 2.75) is 6.92 Å². The summed E-state index contributed by atoms with van der Waals surface area (Å²) in [6.07, 6.45) is 1.75.